The molecule has 1 fully saturated rings. The van der Waals surface area contributed by atoms with Gasteiger partial charge >= 0.3 is 0 Å². The highest BCUT2D eigenvalue weighted by atomic mass is 35.5. The van der Waals surface area contributed by atoms with Crippen molar-refractivity contribution in [3.8, 4) is 0 Å². The van der Waals surface area contributed by atoms with E-state index in [9.17, 15) is 4.79 Å². The molecule has 1 aromatic heterocycles. The molecule has 2 aliphatic heterocycles. The number of amides is 1. The monoisotopic (exact) mass is 341 g/mol. The molecule has 3 heterocycles. The van der Waals surface area contributed by atoms with E-state index >= 15 is 0 Å². The molecule has 2 atom stereocenters. The van der Waals surface area contributed by atoms with Gasteiger partial charge in [-0.25, -0.2) is 0 Å². The Kier molecular flexibility index (Phi) is 5.68. The number of piperidine rings is 1. The first kappa shape index (κ1) is 18.2. The number of halogens is 1. The van der Waals surface area contributed by atoms with E-state index < -0.39 is 5.54 Å². The normalized spacial score (nSPS) is 23.1. The van der Waals surface area contributed by atoms with Crippen LogP contribution in [0.4, 0.5) is 0 Å². The average Bonchev–Trinajstić information content (AvgIpc) is 3.09. The fourth-order valence-corrected chi connectivity index (χ4v) is 3.83. The van der Waals surface area contributed by atoms with E-state index in [0.29, 0.717) is 5.92 Å². The molecule has 1 aromatic rings. The number of likely N-dealkylation sites (tertiary alicyclic amines) is 1. The third-order valence-electron chi connectivity index (χ3n) is 4.97. The quantitative estimate of drug-likeness (QED) is 0.907. The topological polar surface area (TPSA) is 77.0 Å². The highest BCUT2D eigenvalue weighted by molar-refractivity contribution is 5.86. The van der Waals surface area contributed by atoms with E-state index in [-0.39, 0.29) is 18.3 Å². The van der Waals surface area contributed by atoms with Crippen molar-refractivity contribution in [1.82, 2.24) is 19.7 Å². The van der Waals surface area contributed by atoms with Crippen LogP contribution in [-0.2, 0) is 17.8 Å². The van der Waals surface area contributed by atoms with Crippen LogP contribution in [0.3, 0.4) is 0 Å². The van der Waals surface area contributed by atoms with Crippen LogP contribution in [0.5, 0.6) is 0 Å². The first-order chi connectivity index (χ1) is 10.5. The predicted molar refractivity (Wildman–Crippen MR) is 91.6 cm³/mol. The number of nitrogens with two attached hydrogens (primary N) is 1. The zero-order valence-electron chi connectivity index (χ0n) is 14.1. The van der Waals surface area contributed by atoms with Gasteiger partial charge in [0.2, 0.25) is 5.91 Å². The minimum Gasteiger partial charge on any atom is -0.340 e. The van der Waals surface area contributed by atoms with Crippen LogP contribution in [0.1, 0.15) is 63.5 Å². The molecule has 0 bridgehead atoms. The molecule has 3 rings (SSSR count). The largest absolute Gasteiger partial charge is 0.340 e. The van der Waals surface area contributed by atoms with E-state index in [0.717, 1.165) is 69.8 Å². The van der Waals surface area contributed by atoms with E-state index in [1.807, 2.05) is 11.8 Å². The fraction of sp³-hybridized carbons (Fsp3) is 0.812. The lowest BCUT2D eigenvalue weighted by molar-refractivity contribution is -0.138. The minimum atomic E-state index is -0.747. The minimum absolute atomic E-state index is 0. The van der Waals surface area contributed by atoms with Crippen LogP contribution < -0.4 is 5.73 Å². The van der Waals surface area contributed by atoms with Crippen LogP contribution in [-0.4, -0.2) is 44.2 Å². The molecule has 2 N–H and O–H groups in total. The van der Waals surface area contributed by atoms with Crippen molar-refractivity contribution >= 4 is 18.3 Å². The third kappa shape index (κ3) is 3.53. The van der Waals surface area contributed by atoms with Gasteiger partial charge in [0.15, 0.2) is 0 Å². The van der Waals surface area contributed by atoms with Crippen LogP contribution in [0, 0.1) is 0 Å². The summed E-state index contributed by atoms with van der Waals surface area (Å²) in [5, 5.41) is 8.70. The van der Waals surface area contributed by atoms with E-state index in [1.165, 1.54) is 0 Å². The van der Waals surface area contributed by atoms with E-state index in [2.05, 4.69) is 21.7 Å². The third-order valence-corrected chi connectivity index (χ3v) is 4.97. The number of rotatable bonds is 4. The summed E-state index contributed by atoms with van der Waals surface area (Å²) in [6.07, 6.45) is 5.93. The summed E-state index contributed by atoms with van der Waals surface area (Å²) >= 11 is 0. The number of aromatic nitrogens is 3. The Labute approximate surface area is 144 Å². The lowest BCUT2D eigenvalue weighted by Gasteiger charge is -2.37. The summed E-state index contributed by atoms with van der Waals surface area (Å²) in [4.78, 5) is 14.7. The van der Waals surface area contributed by atoms with Crippen LogP contribution in [0.15, 0.2) is 0 Å². The highest BCUT2D eigenvalue weighted by Crippen LogP contribution is 2.29. The molecule has 130 valence electrons. The molecule has 1 amide bonds. The molecular weight excluding hydrogens is 314 g/mol. The second kappa shape index (κ2) is 7.18. The van der Waals surface area contributed by atoms with Gasteiger partial charge in [0, 0.05) is 32.0 Å². The molecule has 1 saturated heterocycles. The van der Waals surface area contributed by atoms with Crippen molar-refractivity contribution in [3.05, 3.63) is 11.6 Å². The summed E-state index contributed by atoms with van der Waals surface area (Å²) in [7, 11) is 0. The molecule has 0 aromatic carbocycles. The zero-order chi connectivity index (χ0) is 15.7. The Morgan fingerprint density at radius 2 is 2.13 bits per heavy atom. The second-order valence-corrected chi connectivity index (χ2v) is 6.99. The standard InChI is InChI=1S/C16H27N5O.ClH/c1-3-8-16(2,17)15(22)20-9-4-6-12(11-20)14-19-18-13-7-5-10-21(13)14;/h12H,3-11,17H2,1-2H3;1H. The van der Waals surface area contributed by atoms with Gasteiger partial charge in [-0.2, -0.15) is 0 Å². The van der Waals surface area contributed by atoms with Crippen LogP contribution in [0.2, 0.25) is 0 Å². The molecule has 0 aliphatic carbocycles. The molecular formula is C16H28ClN5O. The van der Waals surface area contributed by atoms with Crippen molar-refractivity contribution in [2.75, 3.05) is 13.1 Å². The fourth-order valence-electron chi connectivity index (χ4n) is 3.83. The van der Waals surface area contributed by atoms with Gasteiger partial charge in [0.1, 0.15) is 11.6 Å². The summed E-state index contributed by atoms with van der Waals surface area (Å²) < 4.78 is 2.26. The van der Waals surface area contributed by atoms with Crippen LogP contribution in [0.25, 0.3) is 0 Å². The van der Waals surface area contributed by atoms with Gasteiger partial charge < -0.3 is 15.2 Å². The van der Waals surface area contributed by atoms with Crippen molar-refractivity contribution < 1.29 is 4.79 Å². The van der Waals surface area contributed by atoms with Crippen molar-refractivity contribution in [1.29, 1.82) is 0 Å². The number of nitrogens with zero attached hydrogens (tertiary/aromatic N) is 4. The predicted octanol–water partition coefficient (Wildman–Crippen LogP) is 1.87. The van der Waals surface area contributed by atoms with Crippen LogP contribution >= 0.6 is 12.4 Å². The van der Waals surface area contributed by atoms with E-state index in [4.69, 9.17) is 5.73 Å². The number of carbonyl (C=O) groups is 1. The number of fused-ring (bicyclic) bond motifs is 1. The van der Waals surface area contributed by atoms with Gasteiger partial charge in [0.25, 0.3) is 0 Å². The Hall–Kier alpha value is -1.14. The van der Waals surface area contributed by atoms with Gasteiger partial charge in [-0.05, 0) is 32.6 Å². The van der Waals surface area contributed by atoms with Crippen molar-refractivity contribution in [2.24, 2.45) is 5.73 Å². The van der Waals surface area contributed by atoms with Gasteiger partial charge in [-0.1, -0.05) is 13.3 Å². The number of carbonyl (C=O) groups excluding carboxylic acids is 1. The van der Waals surface area contributed by atoms with Gasteiger partial charge in [-0.15, -0.1) is 22.6 Å². The zero-order valence-corrected chi connectivity index (χ0v) is 14.9. The Balaban J connectivity index is 0.00000192. The second-order valence-electron chi connectivity index (χ2n) is 6.99. The molecule has 0 saturated carbocycles. The Morgan fingerprint density at radius 1 is 1.35 bits per heavy atom. The first-order valence-corrected chi connectivity index (χ1v) is 8.53. The Bertz CT molecular complexity index is 557. The molecule has 6 nitrogen and oxygen atoms in total. The lowest BCUT2D eigenvalue weighted by Crippen LogP contribution is -2.55. The number of hydrogen-bond donors (Lipinski definition) is 1. The molecule has 0 radical (unpaired) electrons. The lowest BCUT2D eigenvalue weighted by atomic mass is 9.91. The van der Waals surface area contributed by atoms with Crippen molar-refractivity contribution in [2.45, 2.75) is 70.4 Å². The summed E-state index contributed by atoms with van der Waals surface area (Å²) in [6.45, 7) is 6.49. The summed E-state index contributed by atoms with van der Waals surface area (Å²) in [5.74, 6) is 2.56. The smallest absolute Gasteiger partial charge is 0.242 e. The maximum atomic E-state index is 12.7. The SMILES string of the molecule is CCCC(C)(N)C(=O)N1CCCC(c2nnc3n2CCC3)C1.Cl. The molecule has 23 heavy (non-hydrogen) atoms. The average molecular weight is 342 g/mol. The summed E-state index contributed by atoms with van der Waals surface area (Å²) in [6, 6.07) is 0. The Morgan fingerprint density at radius 3 is 2.87 bits per heavy atom. The van der Waals surface area contributed by atoms with Crippen molar-refractivity contribution in [3.63, 3.8) is 0 Å². The first-order valence-electron chi connectivity index (χ1n) is 8.53. The van der Waals surface area contributed by atoms with E-state index in [1.54, 1.807) is 0 Å². The summed E-state index contributed by atoms with van der Waals surface area (Å²) in [5.41, 5.74) is 5.48. The molecule has 2 aliphatic rings. The highest BCUT2D eigenvalue weighted by Gasteiger charge is 2.36. The van der Waals surface area contributed by atoms with Gasteiger partial charge in [0.05, 0.1) is 5.54 Å². The molecule has 2 unspecified atom stereocenters. The maximum absolute atomic E-state index is 12.7. The molecule has 7 heteroatoms. The number of hydrogen-bond acceptors (Lipinski definition) is 4. The molecule has 0 spiro atoms. The number of aryl methyl sites for hydroxylation is 1. The maximum Gasteiger partial charge on any atom is 0.242 e. The van der Waals surface area contributed by atoms with Gasteiger partial charge in [-0.3, -0.25) is 4.79 Å².